The summed E-state index contributed by atoms with van der Waals surface area (Å²) in [5.74, 6) is -0.697. The van der Waals surface area contributed by atoms with Gasteiger partial charge in [0.25, 0.3) is 0 Å². The molecule has 0 amide bonds. The Kier molecular flexibility index (Phi) is 4.73. The largest absolute Gasteiger partial charge is 0.304 e. The van der Waals surface area contributed by atoms with Gasteiger partial charge in [-0.15, -0.1) is 0 Å². The molecule has 1 N–H and O–H groups in total. The van der Waals surface area contributed by atoms with E-state index in [4.69, 9.17) is 11.6 Å². The first-order chi connectivity index (χ1) is 9.47. The van der Waals surface area contributed by atoms with Crippen LogP contribution in [0.25, 0.3) is 0 Å². The van der Waals surface area contributed by atoms with Crippen molar-refractivity contribution in [2.75, 3.05) is 0 Å². The molecule has 4 heteroatoms. The van der Waals surface area contributed by atoms with Gasteiger partial charge in [0.1, 0.15) is 11.6 Å². The van der Waals surface area contributed by atoms with Crippen LogP contribution in [0.2, 0.25) is 5.02 Å². The number of benzene rings is 2. The molecule has 0 spiro atoms. The van der Waals surface area contributed by atoms with Crippen LogP contribution in [0.3, 0.4) is 0 Å². The summed E-state index contributed by atoms with van der Waals surface area (Å²) in [7, 11) is 0. The standard InChI is InChI=1S/C16H16ClF2N/c1-10(12-4-3-5-14(18)8-12)20-11(2)13-6-7-15(17)16(19)9-13/h3-11,20H,1-2H3/t10-,11?/m1/s1. The molecule has 0 radical (unpaired) electrons. The Bertz CT molecular complexity index is 601. The number of halogens is 3. The summed E-state index contributed by atoms with van der Waals surface area (Å²) in [4.78, 5) is 0. The van der Waals surface area contributed by atoms with E-state index in [1.807, 2.05) is 19.9 Å². The smallest absolute Gasteiger partial charge is 0.142 e. The Labute approximate surface area is 122 Å². The Morgan fingerprint density at radius 2 is 1.60 bits per heavy atom. The van der Waals surface area contributed by atoms with Gasteiger partial charge in [0.2, 0.25) is 0 Å². The Hall–Kier alpha value is -1.45. The maximum absolute atomic E-state index is 13.4. The van der Waals surface area contributed by atoms with E-state index >= 15 is 0 Å². The molecule has 0 heterocycles. The van der Waals surface area contributed by atoms with Crippen molar-refractivity contribution in [3.05, 3.63) is 70.2 Å². The molecule has 0 aliphatic rings. The van der Waals surface area contributed by atoms with E-state index in [0.717, 1.165) is 11.1 Å². The lowest BCUT2D eigenvalue weighted by Gasteiger charge is -2.21. The van der Waals surface area contributed by atoms with Gasteiger partial charge < -0.3 is 5.32 Å². The highest BCUT2D eigenvalue weighted by molar-refractivity contribution is 6.30. The topological polar surface area (TPSA) is 12.0 Å². The van der Waals surface area contributed by atoms with Crippen LogP contribution in [0.1, 0.15) is 37.1 Å². The molecule has 0 saturated carbocycles. The Morgan fingerprint density at radius 3 is 2.20 bits per heavy atom. The molecule has 0 aliphatic heterocycles. The fourth-order valence-electron chi connectivity index (χ4n) is 2.13. The van der Waals surface area contributed by atoms with E-state index in [1.54, 1.807) is 12.1 Å². The van der Waals surface area contributed by atoms with Gasteiger partial charge in [-0.2, -0.15) is 0 Å². The lowest BCUT2D eigenvalue weighted by molar-refractivity contribution is 0.489. The molecule has 0 aliphatic carbocycles. The van der Waals surface area contributed by atoms with Crippen molar-refractivity contribution in [1.82, 2.24) is 5.32 Å². The van der Waals surface area contributed by atoms with Gasteiger partial charge in [-0.25, -0.2) is 8.78 Å². The summed E-state index contributed by atoms with van der Waals surface area (Å²) in [6.07, 6.45) is 0. The van der Waals surface area contributed by atoms with E-state index in [0.29, 0.717) is 0 Å². The fourth-order valence-corrected chi connectivity index (χ4v) is 2.24. The van der Waals surface area contributed by atoms with Crippen LogP contribution >= 0.6 is 11.6 Å². The second-order valence-electron chi connectivity index (χ2n) is 4.84. The van der Waals surface area contributed by atoms with Crippen LogP contribution in [0.15, 0.2) is 42.5 Å². The molecule has 0 fully saturated rings. The van der Waals surface area contributed by atoms with E-state index in [1.165, 1.54) is 24.3 Å². The van der Waals surface area contributed by atoms with Gasteiger partial charge in [-0.1, -0.05) is 29.8 Å². The summed E-state index contributed by atoms with van der Waals surface area (Å²) in [5, 5.41) is 3.42. The Morgan fingerprint density at radius 1 is 0.950 bits per heavy atom. The third-order valence-electron chi connectivity index (χ3n) is 3.29. The lowest BCUT2D eigenvalue weighted by Crippen LogP contribution is -2.22. The normalized spacial score (nSPS) is 14.1. The fraction of sp³-hybridized carbons (Fsp3) is 0.250. The number of nitrogens with one attached hydrogen (secondary N) is 1. The molecular weight excluding hydrogens is 280 g/mol. The van der Waals surface area contributed by atoms with Gasteiger partial charge in [0, 0.05) is 12.1 Å². The molecule has 20 heavy (non-hydrogen) atoms. The van der Waals surface area contributed by atoms with Crippen LogP contribution in [-0.2, 0) is 0 Å². The zero-order valence-electron chi connectivity index (χ0n) is 11.3. The molecule has 2 aromatic rings. The second-order valence-corrected chi connectivity index (χ2v) is 5.25. The Balaban J connectivity index is 2.10. The minimum Gasteiger partial charge on any atom is -0.304 e. The van der Waals surface area contributed by atoms with Gasteiger partial charge in [-0.05, 0) is 49.2 Å². The molecular formula is C16H16ClF2N. The summed E-state index contributed by atoms with van der Waals surface area (Å²) >= 11 is 5.67. The third-order valence-corrected chi connectivity index (χ3v) is 3.60. The van der Waals surface area contributed by atoms with Gasteiger partial charge in [0.05, 0.1) is 5.02 Å². The first-order valence-electron chi connectivity index (χ1n) is 6.44. The highest BCUT2D eigenvalue weighted by Gasteiger charge is 2.13. The maximum Gasteiger partial charge on any atom is 0.142 e. The SMILES string of the molecule is CC(N[C@H](C)c1cccc(F)c1)c1ccc(Cl)c(F)c1. The highest BCUT2D eigenvalue weighted by Crippen LogP contribution is 2.23. The lowest BCUT2D eigenvalue weighted by atomic mass is 10.0. The van der Waals surface area contributed by atoms with E-state index in [9.17, 15) is 8.78 Å². The molecule has 0 bridgehead atoms. The van der Waals surface area contributed by atoms with Crippen LogP contribution in [0.5, 0.6) is 0 Å². The zero-order chi connectivity index (χ0) is 14.7. The molecule has 0 saturated heterocycles. The monoisotopic (exact) mass is 295 g/mol. The number of hydrogen-bond acceptors (Lipinski definition) is 1. The molecule has 106 valence electrons. The van der Waals surface area contributed by atoms with Crippen molar-refractivity contribution in [2.45, 2.75) is 25.9 Å². The van der Waals surface area contributed by atoms with Crippen LogP contribution in [0, 0.1) is 11.6 Å². The predicted octanol–water partition coefficient (Wildman–Crippen LogP) is 5.03. The molecule has 2 atom stereocenters. The van der Waals surface area contributed by atoms with E-state index in [2.05, 4.69) is 5.32 Å². The summed E-state index contributed by atoms with van der Waals surface area (Å²) in [6, 6.07) is 11.1. The molecule has 2 aromatic carbocycles. The second kappa shape index (κ2) is 6.33. The predicted molar refractivity (Wildman–Crippen MR) is 77.8 cm³/mol. The summed E-state index contributed by atoms with van der Waals surface area (Å²) in [5.41, 5.74) is 1.65. The first kappa shape index (κ1) is 14.9. The maximum atomic E-state index is 13.4. The average Bonchev–Trinajstić information content (AvgIpc) is 2.41. The van der Waals surface area contributed by atoms with E-state index in [-0.39, 0.29) is 22.9 Å². The van der Waals surface area contributed by atoms with Crippen molar-refractivity contribution < 1.29 is 8.78 Å². The van der Waals surface area contributed by atoms with Crippen molar-refractivity contribution in [1.29, 1.82) is 0 Å². The van der Waals surface area contributed by atoms with Crippen LogP contribution < -0.4 is 5.32 Å². The van der Waals surface area contributed by atoms with E-state index < -0.39 is 5.82 Å². The zero-order valence-corrected chi connectivity index (χ0v) is 12.1. The molecule has 1 unspecified atom stereocenters. The number of hydrogen-bond donors (Lipinski definition) is 1. The van der Waals surface area contributed by atoms with Crippen LogP contribution in [0.4, 0.5) is 8.78 Å². The summed E-state index contributed by atoms with van der Waals surface area (Å²) < 4.78 is 26.6. The van der Waals surface area contributed by atoms with Gasteiger partial charge >= 0.3 is 0 Å². The minimum atomic E-state index is -0.434. The van der Waals surface area contributed by atoms with Crippen molar-refractivity contribution in [3.63, 3.8) is 0 Å². The third kappa shape index (κ3) is 3.56. The quantitative estimate of drug-likeness (QED) is 0.834. The average molecular weight is 296 g/mol. The first-order valence-corrected chi connectivity index (χ1v) is 6.81. The number of rotatable bonds is 4. The highest BCUT2D eigenvalue weighted by atomic mass is 35.5. The molecule has 1 nitrogen and oxygen atoms in total. The van der Waals surface area contributed by atoms with Gasteiger partial charge in [-0.3, -0.25) is 0 Å². The van der Waals surface area contributed by atoms with Gasteiger partial charge in [0.15, 0.2) is 0 Å². The summed E-state index contributed by atoms with van der Waals surface area (Å²) in [6.45, 7) is 3.87. The minimum absolute atomic E-state index is 0.0422. The van der Waals surface area contributed by atoms with Crippen molar-refractivity contribution in [2.24, 2.45) is 0 Å². The molecule has 2 rings (SSSR count). The van der Waals surface area contributed by atoms with Crippen molar-refractivity contribution in [3.8, 4) is 0 Å². The van der Waals surface area contributed by atoms with Crippen molar-refractivity contribution >= 4 is 11.6 Å². The molecule has 0 aromatic heterocycles. The van der Waals surface area contributed by atoms with Crippen LogP contribution in [-0.4, -0.2) is 0 Å².